The molecule has 0 bridgehead atoms. The molecule has 232 valence electrons. The fourth-order valence-electron chi connectivity index (χ4n) is 5.90. The van der Waals surface area contributed by atoms with Crippen LogP contribution in [0.1, 0.15) is 5.69 Å². The topological polar surface area (TPSA) is 77.3 Å². The van der Waals surface area contributed by atoms with Crippen LogP contribution in [0.3, 0.4) is 0 Å². The summed E-state index contributed by atoms with van der Waals surface area (Å²) < 4.78 is 0. The van der Waals surface area contributed by atoms with Crippen LogP contribution in [0.5, 0.6) is 0 Å². The molecule has 0 aliphatic rings. The maximum Gasteiger partial charge on any atom is 0.164 e. The molecule has 0 radical (unpaired) electrons. The molecule has 0 saturated carbocycles. The summed E-state index contributed by atoms with van der Waals surface area (Å²) in [5.74, 6) is 1.86. The minimum Gasteiger partial charge on any atom is -0.262 e. The van der Waals surface area contributed by atoms with Crippen LogP contribution in [-0.2, 0) is 0 Å². The maximum atomic E-state index is 5.04. The predicted octanol–water partition coefficient (Wildman–Crippen LogP) is 10.0. The van der Waals surface area contributed by atoms with E-state index in [9.17, 15) is 0 Å². The number of nitrogens with zero attached hydrogens (tertiary/aromatic N) is 6. The normalized spacial score (nSPS) is 11.0. The van der Waals surface area contributed by atoms with Gasteiger partial charge in [-0.2, -0.15) is 0 Å². The highest BCUT2D eigenvalue weighted by Gasteiger charge is 2.15. The van der Waals surface area contributed by atoms with E-state index < -0.39 is 0 Å². The number of aryl methyl sites for hydroxylation is 1. The van der Waals surface area contributed by atoms with Gasteiger partial charge < -0.3 is 0 Å². The Morgan fingerprint density at radius 2 is 0.837 bits per heavy atom. The minimum atomic E-state index is 0.609. The van der Waals surface area contributed by atoms with Crippen molar-refractivity contribution < 1.29 is 0 Å². The molecule has 0 atom stereocenters. The zero-order valence-corrected chi connectivity index (χ0v) is 26.8. The first kappa shape index (κ1) is 29.7. The molecule has 0 aliphatic carbocycles. The SMILES string of the molecule is Cc1cc(-c2ccc(-c3cc(-c4ccc(-c5ccncn5)cc4)cc(-c4nc(-c5ccccc5)nc(-c5ccccc5)n4)c3)cc2)ccn1. The molecule has 0 N–H and O–H groups in total. The van der Waals surface area contributed by atoms with Crippen molar-refractivity contribution in [2.75, 3.05) is 0 Å². The Bertz CT molecular complexity index is 2300. The van der Waals surface area contributed by atoms with Gasteiger partial charge in [0, 0.05) is 40.3 Å². The molecule has 8 aromatic rings. The van der Waals surface area contributed by atoms with Crippen molar-refractivity contribution in [3.63, 3.8) is 0 Å². The fourth-order valence-corrected chi connectivity index (χ4v) is 5.90. The van der Waals surface area contributed by atoms with E-state index >= 15 is 0 Å². The van der Waals surface area contributed by atoms with Crippen LogP contribution in [0.25, 0.3) is 78.8 Å². The van der Waals surface area contributed by atoms with E-state index in [1.807, 2.05) is 85.9 Å². The second kappa shape index (κ2) is 13.2. The van der Waals surface area contributed by atoms with Crippen LogP contribution in [0.2, 0.25) is 0 Å². The highest BCUT2D eigenvalue weighted by Crippen LogP contribution is 2.35. The van der Waals surface area contributed by atoms with Gasteiger partial charge in [-0.25, -0.2) is 24.9 Å². The Morgan fingerprint density at radius 3 is 1.35 bits per heavy atom. The number of benzene rings is 5. The maximum absolute atomic E-state index is 5.04. The van der Waals surface area contributed by atoms with E-state index in [4.69, 9.17) is 15.0 Å². The van der Waals surface area contributed by atoms with Gasteiger partial charge in [-0.1, -0.05) is 109 Å². The first-order valence-electron chi connectivity index (χ1n) is 16.1. The highest BCUT2D eigenvalue weighted by atomic mass is 15.0. The van der Waals surface area contributed by atoms with Gasteiger partial charge in [0.25, 0.3) is 0 Å². The second-order valence-electron chi connectivity index (χ2n) is 11.8. The zero-order valence-electron chi connectivity index (χ0n) is 26.8. The van der Waals surface area contributed by atoms with Crippen LogP contribution >= 0.6 is 0 Å². The average molecular weight is 631 g/mol. The van der Waals surface area contributed by atoms with E-state index in [2.05, 4.69) is 87.7 Å². The zero-order chi connectivity index (χ0) is 33.0. The van der Waals surface area contributed by atoms with Gasteiger partial charge in [-0.15, -0.1) is 0 Å². The first-order chi connectivity index (χ1) is 24.2. The lowest BCUT2D eigenvalue weighted by molar-refractivity contribution is 1.07. The van der Waals surface area contributed by atoms with Crippen LogP contribution in [-0.4, -0.2) is 29.9 Å². The minimum absolute atomic E-state index is 0.609. The van der Waals surface area contributed by atoms with E-state index in [1.54, 1.807) is 12.5 Å². The van der Waals surface area contributed by atoms with Gasteiger partial charge in [0.05, 0.1) is 5.69 Å². The molecule has 0 spiro atoms. The number of aromatic nitrogens is 6. The predicted molar refractivity (Wildman–Crippen MR) is 196 cm³/mol. The molecule has 0 saturated heterocycles. The number of hydrogen-bond donors (Lipinski definition) is 0. The van der Waals surface area contributed by atoms with Crippen molar-refractivity contribution in [1.29, 1.82) is 0 Å². The van der Waals surface area contributed by atoms with Gasteiger partial charge in [0.15, 0.2) is 17.5 Å². The molecular formula is C43H30N6. The van der Waals surface area contributed by atoms with Crippen molar-refractivity contribution in [2.45, 2.75) is 6.92 Å². The standard InChI is InChI=1S/C43H30N6/c1-29-24-36(20-23-45-29)30-12-14-31(15-13-30)37-25-38(32-16-18-33(19-17-32)40-21-22-44-28-46-40)27-39(26-37)43-48-41(34-8-4-2-5-9-34)47-42(49-43)35-10-6-3-7-11-35/h2-28H,1H3. The summed E-state index contributed by atoms with van der Waals surface area (Å²) in [5.41, 5.74) is 12.2. The van der Waals surface area contributed by atoms with Gasteiger partial charge in [-0.05, 0) is 76.7 Å². The van der Waals surface area contributed by atoms with Crippen molar-refractivity contribution in [1.82, 2.24) is 29.9 Å². The lowest BCUT2D eigenvalue weighted by Crippen LogP contribution is -2.00. The Morgan fingerprint density at radius 1 is 0.347 bits per heavy atom. The Labute approximate surface area is 285 Å². The van der Waals surface area contributed by atoms with Crippen LogP contribution in [0.15, 0.2) is 164 Å². The smallest absolute Gasteiger partial charge is 0.164 e. The summed E-state index contributed by atoms with van der Waals surface area (Å²) in [6, 6.07) is 49.9. The van der Waals surface area contributed by atoms with E-state index in [1.165, 1.54) is 0 Å². The molecule has 0 aliphatic heterocycles. The quantitative estimate of drug-likeness (QED) is 0.174. The fraction of sp³-hybridized carbons (Fsp3) is 0.0233. The van der Waals surface area contributed by atoms with Gasteiger partial charge in [0.2, 0.25) is 0 Å². The molecule has 49 heavy (non-hydrogen) atoms. The molecule has 3 aromatic heterocycles. The monoisotopic (exact) mass is 630 g/mol. The molecule has 3 heterocycles. The molecular weight excluding hydrogens is 601 g/mol. The molecule has 0 fully saturated rings. The molecule has 0 amide bonds. The molecule has 5 aromatic carbocycles. The summed E-state index contributed by atoms with van der Waals surface area (Å²) in [7, 11) is 0. The summed E-state index contributed by atoms with van der Waals surface area (Å²) in [5, 5.41) is 0. The van der Waals surface area contributed by atoms with Crippen LogP contribution in [0, 0.1) is 6.92 Å². The first-order valence-corrected chi connectivity index (χ1v) is 16.1. The largest absolute Gasteiger partial charge is 0.262 e. The van der Waals surface area contributed by atoms with Crippen molar-refractivity contribution >= 4 is 0 Å². The van der Waals surface area contributed by atoms with Crippen LogP contribution in [0.4, 0.5) is 0 Å². The summed E-state index contributed by atoms with van der Waals surface area (Å²) in [6.07, 6.45) is 5.18. The third-order valence-corrected chi connectivity index (χ3v) is 8.43. The number of pyridine rings is 1. The Kier molecular flexibility index (Phi) is 8.02. The van der Waals surface area contributed by atoms with Crippen molar-refractivity contribution in [3.05, 3.63) is 170 Å². The summed E-state index contributed by atoms with van der Waals surface area (Å²) in [4.78, 5) is 27.8. The molecule has 0 unspecified atom stereocenters. The lowest BCUT2D eigenvalue weighted by Gasteiger charge is -2.13. The molecule has 6 nitrogen and oxygen atoms in total. The Hall–Kier alpha value is -6.66. The molecule has 8 rings (SSSR count). The van der Waals surface area contributed by atoms with E-state index in [-0.39, 0.29) is 0 Å². The van der Waals surface area contributed by atoms with Crippen LogP contribution < -0.4 is 0 Å². The number of hydrogen-bond acceptors (Lipinski definition) is 6. The summed E-state index contributed by atoms with van der Waals surface area (Å²) in [6.45, 7) is 2.01. The third-order valence-electron chi connectivity index (χ3n) is 8.43. The Balaban J connectivity index is 1.27. The van der Waals surface area contributed by atoms with Crippen molar-refractivity contribution in [2.24, 2.45) is 0 Å². The third kappa shape index (κ3) is 6.48. The van der Waals surface area contributed by atoms with Gasteiger partial charge in [-0.3, -0.25) is 4.98 Å². The van der Waals surface area contributed by atoms with Crippen molar-refractivity contribution in [3.8, 4) is 78.8 Å². The number of rotatable bonds is 7. The molecule has 6 heteroatoms. The lowest BCUT2D eigenvalue weighted by atomic mass is 9.94. The van der Waals surface area contributed by atoms with Gasteiger partial charge >= 0.3 is 0 Å². The van der Waals surface area contributed by atoms with E-state index in [0.717, 1.165) is 67.0 Å². The summed E-state index contributed by atoms with van der Waals surface area (Å²) >= 11 is 0. The highest BCUT2D eigenvalue weighted by molar-refractivity contribution is 5.82. The van der Waals surface area contributed by atoms with Gasteiger partial charge in [0.1, 0.15) is 6.33 Å². The van der Waals surface area contributed by atoms with E-state index in [0.29, 0.717) is 17.5 Å². The second-order valence-corrected chi connectivity index (χ2v) is 11.8. The average Bonchev–Trinajstić information content (AvgIpc) is 3.19.